The summed E-state index contributed by atoms with van der Waals surface area (Å²) in [5.41, 5.74) is 0.247. The lowest BCUT2D eigenvalue weighted by molar-refractivity contribution is -0.136. The van der Waals surface area contributed by atoms with E-state index in [0.29, 0.717) is 6.26 Å². The third-order valence-electron chi connectivity index (χ3n) is 2.37. The minimum atomic E-state index is -1.51. The summed E-state index contributed by atoms with van der Waals surface area (Å²) in [6.45, 7) is 1.56. The number of benzene rings is 1. The highest BCUT2D eigenvalue weighted by Gasteiger charge is 2.27. The number of aliphatic hydroxyl groups is 1. The smallest absolute Gasteiger partial charge is 0.339 e. The number of aliphatic hydroxyl groups excluding tert-OH is 1. The predicted octanol–water partition coefficient (Wildman–Crippen LogP) is 1.83. The molecule has 0 fully saturated rings. The number of hydrogen-bond acceptors (Lipinski definition) is 5. The highest BCUT2D eigenvalue weighted by atomic mass is 16.5. The second kappa shape index (κ2) is 7.10. The molecule has 0 radical (unpaired) electrons. The molecule has 0 spiro atoms. The van der Waals surface area contributed by atoms with Crippen molar-refractivity contribution in [2.75, 3.05) is 0 Å². The van der Waals surface area contributed by atoms with E-state index >= 15 is 0 Å². The van der Waals surface area contributed by atoms with E-state index in [-0.39, 0.29) is 12.0 Å². The number of carbonyl (C=O) groups is 3. The molecule has 0 aromatic heterocycles. The lowest BCUT2D eigenvalue weighted by atomic mass is 10.1. The molecule has 1 unspecified atom stereocenters. The molecule has 1 atom stereocenters. The van der Waals surface area contributed by atoms with Crippen LogP contribution in [-0.4, -0.2) is 28.7 Å². The van der Waals surface area contributed by atoms with E-state index in [4.69, 9.17) is 9.84 Å². The molecular formula is C14H14O5. The van der Waals surface area contributed by atoms with Crippen LogP contribution in [0.1, 0.15) is 23.7 Å². The summed E-state index contributed by atoms with van der Waals surface area (Å²) < 4.78 is 4.90. The fourth-order valence-corrected chi connectivity index (χ4v) is 1.38. The topological polar surface area (TPSA) is 80.7 Å². The Bertz CT molecular complexity index is 490. The molecule has 0 heterocycles. The summed E-state index contributed by atoms with van der Waals surface area (Å²) in [7, 11) is 0. The summed E-state index contributed by atoms with van der Waals surface area (Å²) in [5.74, 6) is -2.04. The molecule has 1 aromatic rings. The Morgan fingerprint density at radius 3 is 2.42 bits per heavy atom. The van der Waals surface area contributed by atoms with Gasteiger partial charge in [-0.15, -0.1) is 0 Å². The van der Waals surface area contributed by atoms with Crippen LogP contribution >= 0.6 is 0 Å². The fraction of sp³-hybridized carbons (Fsp3) is 0.214. The average molecular weight is 262 g/mol. The predicted molar refractivity (Wildman–Crippen MR) is 67.7 cm³/mol. The first-order chi connectivity index (χ1) is 9.10. The van der Waals surface area contributed by atoms with Gasteiger partial charge in [0.1, 0.15) is 0 Å². The van der Waals surface area contributed by atoms with Crippen molar-refractivity contribution in [3.63, 3.8) is 0 Å². The normalized spacial score (nSPS) is 12.1. The number of rotatable bonds is 6. The molecule has 0 saturated heterocycles. The van der Waals surface area contributed by atoms with E-state index in [1.54, 1.807) is 25.1 Å². The van der Waals surface area contributed by atoms with E-state index in [1.807, 2.05) is 0 Å². The summed E-state index contributed by atoms with van der Waals surface area (Å²) in [5, 5.41) is 8.54. The largest absolute Gasteiger partial charge is 0.515 e. The van der Waals surface area contributed by atoms with Gasteiger partial charge in [-0.05, 0) is 12.1 Å². The van der Waals surface area contributed by atoms with Crippen LogP contribution in [0.2, 0.25) is 0 Å². The second-order valence-corrected chi connectivity index (χ2v) is 3.69. The van der Waals surface area contributed by atoms with E-state index in [0.717, 1.165) is 6.08 Å². The molecule has 0 aliphatic carbocycles. The van der Waals surface area contributed by atoms with Crippen molar-refractivity contribution in [3.05, 3.63) is 48.2 Å². The zero-order valence-electron chi connectivity index (χ0n) is 10.4. The van der Waals surface area contributed by atoms with Crippen LogP contribution in [0.3, 0.4) is 0 Å². The SMILES string of the molecule is CCC(=O)C(OC(=O)c1ccccc1)C(=O)C=CO. The van der Waals surface area contributed by atoms with Gasteiger partial charge >= 0.3 is 5.97 Å². The molecule has 1 rings (SSSR count). The number of hydrogen-bond donors (Lipinski definition) is 1. The van der Waals surface area contributed by atoms with Gasteiger partial charge in [0.05, 0.1) is 11.8 Å². The fourth-order valence-electron chi connectivity index (χ4n) is 1.38. The molecule has 1 N–H and O–H groups in total. The highest BCUT2D eigenvalue weighted by molar-refractivity contribution is 6.11. The van der Waals surface area contributed by atoms with Gasteiger partial charge in [-0.1, -0.05) is 25.1 Å². The molecule has 0 saturated carbocycles. The van der Waals surface area contributed by atoms with Gasteiger partial charge in [0.25, 0.3) is 0 Å². The van der Waals surface area contributed by atoms with Crippen molar-refractivity contribution >= 4 is 17.5 Å². The molecule has 100 valence electrons. The summed E-state index contributed by atoms with van der Waals surface area (Å²) in [4.78, 5) is 34.9. The van der Waals surface area contributed by atoms with E-state index < -0.39 is 23.6 Å². The van der Waals surface area contributed by atoms with Crippen LogP contribution < -0.4 is 0 Å². The van der Waals surface area contributed by atoms with Crippen molar-refractivity contribution < 1.29 is 24.2 Å². The zero-order chi connectivity index (χ0) is 14.3. The Morgan fingerprint density at radius 1 is 1.26 bits per heavy atom. The van der Waals surface area contributed by atoms with Gasteiger partial charge in [0, 0.05) is 12.5 Å². The minimum Gasteiger partial charge on any atom is -0.515 e. The van der Waals surface area contributed by atoms with Crippen molar-refractivity contribution in [1.82, 2.24) is 0 Å². The maximum absolute atomic E-state index is 11.8. The van der Waals surface area contributed by atoms with Gasteiger partial charge in [-0.3, -0.25) is 9.59 Å². The molecule has 0 amide bonds. The summed E-state index contributed by atoms with van der Waals surface area (Å²) in [6, 6.07) is 8.04. The van der Waals surface area contributed by atoms with Crippen LogP contribution in [-0.2, 0) is 14.3 Å². The summed E-state index contributed by atoms with van der Waals surface area (Å²) >= 11 is 0. The standard InChI is InChI=1S/C14H14O5/c1-2-11(16)13(12(17)8-9-15)19-14(18)10-6-4-3-5-7-10/h3-9,13,15H,2H2,1H3. The first-order valence-corrected chi connectivity index (χ1v) is 5.73. The monoisotopic (exact) mass is 262 g/mol. The van der Waals surface area contributed by atoms with Crippen molar-refractivity contribution in [3.8, 4) is 0 Å². The number of ketones is 2. The Labute approximate surface area is 110 Å². The van der Waals surface area contributed by atoms with Crippen molar-refractivity contribution in [1.29, 1.82) is 0 Å². The lowest BCUT2D eigenvalue weighted by Crippen LogP contribution is -2.33. The molecule has 5 heteroatoms. The van der Waals surface area contributed by atoms with Crippen molar-refractivity contribution in [2.24, 2.45) is 0 Å². The Hall–Kier alpha value is -2.43. The average Bonchev–Trinajstić information content (AvgIpc) is 2.44. The van der Waals surface area contributed by atoms with E-state index in [2.05, 4.69) is 0 Å². The molecule has 19 heavy (non-hydrogen) atoms. The quantitative estimate of drug-likeness (QED) is 0.366. The highest BCUT2D eigenvalue weighted by Crippen LogP contribution is 2.07. The van der Waals surface area contributed by atoms with Crippen LogP contribution in [0.25, 0.3) is 0 Å². The number of carbonyl (C=O) groups excluding carboxylic acids is 3. The first kappa shape index (κ1) is 14.6. The van der Waals surface area contributed by atoms with Crippen LogP contribution in [0.4, 0.5) is 0 Å². The molecule has 5 nitrogen and oxygen atoms in total. The minimum absolute atomic E-state index is 0.0533. The number of ether oxygens (including phenoxy) is 1. The summed E-state index contributed by atoms with van der Waals surface area (Å²) in [6.07, 6.45) is -0.163. The zero-order valence-corrected chi connectivity index (χ0v) is 10.4. The maximum atomic E-state index is 11.8. The van der Waals surface area contributed by atoms with Crippen molar-refractivity contribution in [2.45, 2.75) is 19.4 Å². The Balaban J connectivity index is 2.87. The number of esters is 1. The lowest BCUT2D eigenvalue weighted by Gasteiger charge is -2.13. The first-order valence-electron chi connectivity index (χ1n) is 5.73. The van der Waals surface area contributed by atoms with Crippen LogP contribution in [0.5, 0.6) is 0 Å². The van der Waals surface area contributed by atoms with Gasteiger partial charge in [-0.2, -0.15) is 0 Å². The molecule has 1 aromatic carbocycles. The van der Waals surface area contributed by atoms with E-state index in [9.17, 15) is 14.4 Å². The molecule has 0 aliphatic rings. The molecular weight excluding hydrogens is 248 g/mol. The Kier molecular flexibility index (Phi) is 5.47. The third-order valence-corrected chi connectivity index (χ3v) is 2.37. The Morgan fingerprint density at radius 2 is 1.89 bits per heavy atom. The number of Topliss-reactive ketones (excluding diaryl/α,β-unsaturated/α-hetero) is 1. The van der Waals surface area contributed by atoms with Gasteiger partial charge < -0.3 is 9.84 Å². The maximum Gasteiger partial charge on any atom is 0.339 e. The van der Waals surface area contributed by atoms with Crippen LogP contribution in [0, 0.1) is 0 Å². The third kappa shape index (κ3) is 4.06. The van der Waals surface area contributed by atoms with Gasteiger partial charge in [-0.25, -0.2) is 4.79 Å². The van der Waals surface area contributed by atoms with Crippen LogP contribution in [0.15, 0.2) is 42.7 Å². The van der Waals surface area contributed by atoms with Gasteiger partial charge in [0.2, 0.25) is 11.9 Å². The molecule has 0 aliphatic heterocycles. The van der Waals surface area contributed by atoms with E-state index in [1.165, 1.54) is 12.1 Å². The molecule has 0 bridgehead atoms. The second-order valence-electron chi connectivity index (χ2n) is 3.69. The van der Waals surface area contributed by atoms with Gasteiger partial charge in [0.15, 0.2) is 5.78 Å².